The van der Waals surface area contributed by atoms with Crippen LogP contribution in [0.2, 0.25) is 0 Å². The van der Waals surface area contributed by atoms with Gasteiger partial charge >= 0.3 is 11.8 Å². The summed E-state index contributed by atoms with van der Waals surface area (Å²) >= 11 is 0. The molecule has 0 bridgehead atoms. The standard InChI is InChI=1S/C15H11N2O3/c1-10-6-8-11(9-7-10)16-14(18)17-12-4-2-3-5-13(12)20-15(17)19/h2-9H,1H2,(H,16,18). The molecule has 5 nitrogen and oxygen atoms in total. The number of carbonyl (C=O) groups is 1. The number of benzene rings is 2. The van der Waals surface area contributed by atoms with Crippen LogP contribution in [0.3, 0.4) is 0 Å². The molecule has 3 rings (SSSR count). The number of fused-ring (bicyclic) bond motifs is 1. The zero-order valence-corrected chi connectivity index (χ0v) is 10.5. The van der Waals surface area contributed by atoms with Gasteiger partial charge in [0, 0.05) is 5.69 Å². The number of carbonyl (C=O) groups excluding carboxylic acids is 1. The van der Waals surface area contributed by atoms with E-state index in [1.54, 1.807) is 48.5 Å². The number of hydrogen-bond acceptors (Lipinski definition) is 3. The van der Waals surface area contributed by atoms with Crippen LogP contribution in [-0.4, -0.2) is 10.6 Å². The van der Waals surface area contributed by atoms with E-state index in [-0.39, 0.29) is 0 Å². The van der Waals surface area contributed by atoms with E-state index in [1.165, 1.54) is 0 Å². The van der Waals surface area contributed by atoms with Crippen molar-refractivity contribution in [2.24, 2.45) is 0 Å². The summed E-state index contributed by atoms with van der Waals surface area (Å²) in [6.07, 6.45) is 0. The molecule has 0 unspecified atom stereocenters. The van der Waals surface area contributed by atoms with E-state index in [2.05, 4.69) is 12.2 Å². The molecule has 0 spiro atoms. The fourth-order valence-electron chi connectivity index (χ4n) is 1.93. The number of para-hydroxylation sites is 2. The first kappa shape index (κ1) is 12.2. The minimum Gasteiger partial charge on any atom is -0.407 e. The predicted octanol–water partition coefficient (Wildman–Crippen LogP) is 2.86. The Morgan fingerprint density at radius 3 is 2.55 bits per heavy atom. The quantitative estimate of drug-likeness (QED) is 0.737. The number of anilines is 1. The minimum atomic E-state index is -0.711. The van der Waals surface area contributed by atoms with Gasteiger partial charge in [0.1, 0.15) is 0 Å². The normalized spacial score (nSPS) is 10.7. The number of aromatic nitrogens is 1. The van der Waals surface area contributed by atoms with Gasteiger partial charge in [-0.2, -0.15) is 4.57 Å². The average molecular weight is 267 g/mol. The molecular formula is C15H11N2O3. The second kappa shape index (κ2) is 4.70. The predicted molar refractivity (Wildman–Crippen MR) is 75.8 cm³/mol. The second-order valence-electron chi connectivity index (χ2n) is 4.30. The minimum absolute atomic E-state index is 0.376. The van der Waals surface area contributed by atoms with Gasteiger partial charge in [0.25, 0.3) is 0 Å². The third-order valence-corrected chi connectivity index (χ3v) is 2.89. The third-order valence-electron chi connectivity index (χ3n) is 2.89. The number of rotatable bonds is 1. The second-order valence-corrected chi connectivity index (χ2v) is 4.30. The van der Waals surface area contributed by atoms with Crippen molar-refractivity contribution in [3.05, 3.63) is 71.6 Å². The third kappa shape index (κ3) is 2.09. The molecule has 0 aliphatic heterocycles. The molecule has 0 saturated heterocycles. The summed E-state index contributed by atoms with van der Waals surface area (Å²) < 4.78 is 5.98. The van der Waals surface area contributed by atoms with Crippen molar-refractivity contribution < 1.29 is 9.21 Å². The summed E-state index contributed by atoms with van der Waals surface area (Å²) in [6, 6.07) is 13.2. The van der Waals surface area contributed by atoms with Crippen molar-refractivity contribution in [1.82, 2.24) is 4.57 Å². The largest absolute Gasteiger partial charge is 0.428 e. The van der Waals surface area contributed by atoms with Gasteiger partial charge in [0.05, 0.1) is 5.52 Å². The average Bonchev–Trinajstić information content (AvgIpc) is 2.77. The highest BCUT2D eigenvalue weighted by Gasteiger charge is 2.15. The molecule has 5 heteroatoms. The molecular weight excluding hydrogens is 256 g/mol. The van der Waals surface area contributed by atoms with Gasteiger partial charge in [-0.3, -0.25) is 0 Å². The number of amides is 1. The molecule has 20 heavy (non-hydrogen) atoms. The van der Waals surface area contributed by atoms with Crippen LogP contribution in [0.25, 0.3) is 11.1 Å². The summed E-state index contributed by atoms with van der Waals surface area (Å²) in [5, 5.41) is 2.64. The molecule has 1 aromatic heterocycles. The lowest BCUT2D eigenvalue weighted by Crippen LogP contribution is -2.27. The molecule has 0 atom stereocenters. The highest BCUT2D eigenvalue weighted by atomic mass is 16.4. The fraction of sp³-hybridized carbons (Fsp3) is 0. The van der Waals surface area contributed by atoms with Crippen LogP contribution < -0.4 is 11.1 Å². The molecule has 0 saturated carbocycles. The van der Waals surface area contributed by atoms with Crippen LogP contribution >= 0.6 is 0 Å². The number of hydrogen-bond donors (Lipinski definition) is 1. The van der Waals surface area contributed by atoms with Gasteiger partial charge in [-0.15, -0.1) is 0 Å². The lowest BCUT2D eigenvalue weighted by molar-refractivity contribution is 0.252. The van der Waals surface area contributed by atoms with Gasteiger partial charge in [-0.1, -0.05) is 24.3 Å². The SMILES string of the molecule is [CH2]c1ccc(NC(=O)n2c(=O)oc3ccccc32)cc1. The first-order valence-corrected chi connectivity index (χ1v) is 5.99. The Balaban J connectivity index is 1.98. The molecule has 99 valence electrons. The molecule has 0 aliphatic carbocycles. The number of oxazole rings is 1. The zero-order chi connectivity index (χ0) is 14.1. The van der Waals surface area contributed by atoms with Gasteiger partial charge in [-0.05, 0) is 36.8 Å². The molecule has 1 N–H and O–H groups in total. The summed E-state index contributed by atoms with van der Waals surface area (Å²) in [5.41, 5.74) is 2.23. The summed E-state index contributed by atoms with van der Waals surface area (Å²) in [5.74, 6) is -0.711. The Bertz CT molecular complexity index is 828. The van der Waals surface area contributed by atoms with E-state index < -0.39 is 11.8 Å². The summed E-state index contributed by atoms with van der Waals surface area (Å²) in [7, 11) is 0. The van der Waals surface area contributed by atoms with Gasteiger partial charge in [0.15, 0.2) is 5.58 Å². The molecule has 2 aromatic carbocycles. The van der Waals surface area contributed by atoms with Gasteiger partial charge in [0.2, 0.25) is 0 Å². The topological polar surface area (TPSA) is 64.2 Å². The zero-order valence-electron chi connectivity index (χ0n) is 10.5. The Morgan fingerprint density at radius 1 is 1.10 bits per heavy atom. The summed E-state index contributed by atoms with van der Waals surface area (Å²) in [6.45, 7) is 3.76. The van der Waals surface area contributed by atoms with E-state index in [9.17, 15) is 9.59 Å². The van der Waals surface area contributed by atoms with Crippen molar-refractivity contribution in [3.8, 4) is 0 Å². The Morgan fingerprint density at radius 2 is 1.80 bits per heavy atom. The lowest BCUT2D eigenvalue weighted by Gasteiger charge is -2.05. The van der Waals surface area contributed by atoms with Crippen molar-refractivity contribution in [2.75, 3.05) is 5.32 Å². The van der Waals surface area contributed by atoms with E-state index in [1.807, 2.05) is 0 Å². The van der Waals surface area contributed by atoms with E-state index >= 15 is 0 Å². The first-order chi connectivity index (χ1) is 9.65. The monoisotopic (exact) mass is 267 g/mol. The lowest BCUT2D eigenvalue weighted by atomic mass is 10.2. The maximum Gasteiger partial charge on any atom is 0.428 e. The molecule has 1 radical (unpaired) electrons. The maximum atomic E-state index is 12.2. The van der Waals surface area contributed by atoms with Crippen LogP contribution in [0, 0.1) is 6.92 Å². The number of nitrogens with zero attached hydrogens (tertiary/aromatic N) is 1. The molecule has 0 aliphatic rings. The number of nitrogens with one attached hydrogen (secondary N) is 1. The molecule has 1 amide bonds. The van der Waals surface area contributed by atoms with Crippen molar-refractivity contribution in [3.63, 3.8) is 0 Å². The van der Waals surface area contributed by atoms with Gasteiger partial charge in [-0.25, -0.2) is 9.59 Å². The Labute approximate surface area is 114 Å². The van der Waals surface area contributed by atoms with Crippen LogP contribution in [-0.2, 0) is 0 Å². The fourth-order valence-corrected chi connectivity index (χ4v) is 1.93. The van der Waals surface area contributed by atoms with Crippen LogP contribution in [0.15, 0.2) is 57.7 Å². The maximum absolute atomic E-state index is 12.2. The smallest absolute Gasteiger partial charge is 0.407 e. The highest BCUT2D eigenvalue weighted by molar-refractivity contribution is 5.96. The van der Waals surface area contributed by atoms with Crippen molar-refractivity contribution in [1.29, 1.82) is 0 Å². The van der Waals surface area contributed by atoms with Crippen molar-refractivity contribution >= 4 is 22.8 Å². The van der Waals surface area contributed by atoms with E-state index in [0.29, 0.717) is 16.8 Å². The first-order valence-electron chi connectivity index (χ1n) is 5.99. The van der Waals surface area contributed by atoms with E-state index in [4.69, 9.17) is 4.42 Å². The van der Waals surface area contributed by atoms with E-state index in [0.717, 1.165) is 10.1 Å². The highest BCUT2D eigenvalue weighted by Crippen LogP contribution is 2.13. The Kier molecular flexibility index (Phi) is 2.87. The summed E-state index contributed by atoms with van der Waals surface area (Å²) in [4.78, 5) is 23.9. The van der Waals surface area contributed by atoms with Gasteiger partial charge < -0.3 is 9.73 Å². The Hall–Kier alpha value is -2.82. The molecule has 0 fully saturated rings. The van der Waals surface area contributed by atoms with Crippen LogP contribution in [0.5, 0.6) is 0 Å². The van der Waals surface area contributed by atoms with Crippen molar-refractivity contribution in [2.45, 2.75) is 0 Å². The van der Waals surface area contributed by atoms with Crippen LogP contribution in [0.4, 0.5) is 10.5 Å². The molecule has 3 aromatic rings. The van der Waals surface area contributed by atoms with Crippen LogP contribution in [0.1, 0.15) is 5.56 Å². The molecule has 1 heterocycles.